The van der Waals surface area contributed by atoms with Crippen LogP contribution >= 0.6 is 43.2 Å². The summed E-state index contributed by atoms with van der Waals surface area (Å²) in [7, 11) is 0. The molecule has 1 aromatic rings. The lowest BCUT2D eigenvalue weighted by atomic mass is 10.2. The van der Waals surface area contributed by atoms with E-state index in [0.717, 1.165) is 45.6 Å². The van der Waals surface area contributed by atoms with E-state index in [9.17, 15) is 4.79 Å². The predicted octanol–water partition coefficient (Wildman–Crippen LogP) is 4.27. The van der Waals surface area contributed by atoms with E-state index in [-0.39, 0.29) is 5.91 Å². The Balaban J connectivity index is 2.07. The summed E-state index contributed by atoms with van der Waals surface area (Å²) >= 11 is 8.49. The number of thiophene rings is 1. The zero-order chi connectivity index (χ0) is 14.5. The maximum atomic E-state index is 12.7. The van der Waals surface area contributed by atoms with Gasteiger partial charge in [-0.2, -0.15) is 0 Å². The minimum absolute atomic E-state index is 0.140. The molecule has 1 amide bonds. The molecule has 2 rings (SSSR count). The van der Waals surface area contributed by atoms with E-state index in [4.69, 9.17) is 0 Å². The fourth-order valence-electron chi connectivity index (χ4n) is 2.46. The molecular weight excluding hydrogens is 404 g/mol. The topological polar surface area (TPSA) is 32.3 Å². The van der Waals surface area contributed by atoms with Gasteiger partial charge in [0.25, 0.3) is 5.91 Å². The van der Waals surface area contributed by atoms with Gasteiger partial charge in [-0.15, -0.1) is 11.3 Å². The Hall–Kier alpha value is 0.0900. The molecule has 2 heterocycles. The smallest absolute Gasteiger partial charge is 0.255 e. The van der Waals surface area contributed by atoms with Gasteiger partial charge < -0.3 is 10.2 Å². The average molecular weight is 424 g/mol. The molecule has 1 aliphatic heterocycles. The number of nitrogens with zero attached hydrogens (tertiary/aromatic N) is 1. The van der Waals surface area contributed by atoms with E-state index < -0.39 is 0 Å². The van der Waals surface area contributed by atoms with Gasteiger partial charge in [0.1, 0.15) is 0 Å². The van der Waals surface area contributed by atoms with E-state index in [2.05, 4.69) is 44.1 Å². The van der Waals surface area contributed by atoms with E-state index >= 15 is 0 Å². The highest BCUT2D eigenvalue weighted by molar-refractivity contribution is 9.12. The zero-order valence-electron chi connectivity index (χ0n) is 11.6. The van der Waals surface area contributed by atoms with E-state index in [1.54, 1.807) is 11.3 Å². The molecular formula is C14H20Br2N2OS. The third-order valence-corrected chi connectivity index (χ3v) is 5.90. The minimum Gasteiger partial charge on any atom is -0.337 e. The van der Waals surface area contributed by atoms with Crippen molar-refractivity contribution in [3.8, 4) is 0 Å². The highest BCUT2D eigenvalue weighted by Gasteiger charge is 2.24. The number of carbonyl (C=O) groups is 1. The van der Waals surface area contributed by atoms with Crippen molar-refractivity contribution < 1.29 is 4.79 Å². The summed E-state index contributed by atoms with van der Waals surface area (Å²) in [6, 6.07) is 2.37. The van der Waals surface area contributed by atoms with Crippen molar-refractivity contribution in [2.24, 2.45) is 0 Å². The Kier molecular flexibility index (Phi) is 6.52. The first-order valence-corrected chi connectivity index (χ1v) is 9.49. The molecule has 0 aliphatic carbocycles. The fraction of sp³-hybridized carbons (Fsp3) is 0.643. The first-order chi connectivity index (χ1) is 9.61. The molecule has 0 bridgehead atoms. The Morgan fingerprint density at radius 1 is 1.55 bits per heavy atom. The van der Waals surface area contributed by atoms with Gasteiger partial charge in [-0.1, -0.05) is 13.3 Å². The Morgan fingerprint density at radius 2 is 2.35 bits per heavy atom. The molecule has 1 fully saturated rings. The molecule has 1 unspecified atom stereocenters. The molecule has 1 saturated heterocycles. The molecule has 0 radical (unpaired) electrons. The van der Waals surface area contributed by atoms with Crippen LogP contribution in [-0.2, 0) is 0 Å². The number of carbonyl (C=O) groups excluding carboxylic acids is 1. The van der Waals surface area contributed by atoms with Gasteiger partial charge in [-0.25, -0.2) is 0 Å². The quantitative estimate of drug-likeness (QED) is 0.740. The number of rotatable bonds is 6. The van der Waals surface area contributed by atoms with Crippen LogP contribution in [0.5, 0.6) is 0 Å². The highest BCUT2D eigenvalue weighted by atomic mass is 79.9. The predicted molar refractivity (Wildman–Crippen MR) is 91.6 cm³/mol. The van der Waals surface area contributed by atoms with Gasteiger partial charge in [-0.05, 0) is 63.7 Å². The van der Waals surface area contributed by atoms with E-state index in [1.165, 1.54) is 12.8 Å². The second kappa shape index (κ2) is 7.92. The van der Waals surface area contributed by atoms with E-state index in [0.29, 0.717) is 6.04 Å². The summed E-state index contributed by atoms with van der Waals surface area (Å²) in [5.41, 5.74) is 0.774. The lowest BCUT2D eigenvalue weighted by Crippen LogP contribution is -2.41. The van der Waals surface area contributed by atoms with Crippen molar-refractivity contribution in [1.82, 2.24) is 10.2 Å². The number of nitrogens with one attached hydrogen (secondary N) is 1. The SMILES string of the molecule is CCCCN(CC1CCCN1)C(=O)c1cc(Br)sc1Br. The second-order valence-electron chi connectivity index (χ2n) is 5.14. The largest absolute Gasteiger partial charge is 0.337 e. The number of unbranched alkanes of at least 4 members (excludes halogenated alkanes) is 1. The lowest BCUT2D eigenvalue weighted by molar-refractivity contribution is 0.0739. The average Bonchev–Trinajstić information content (AvgIpc) is 3.03. The van der Waals surface area contributed by atoms with Crippen LogP contribution in [0.3, 0.4) is 0 Å². The standard InChI is InChI=1S/C14H20Br2N2OS/c1-2-3-7-18(9-10-5-4-6-17-10)14(19)11-8-12(15)20-13(11)16/h8,10,17H,2-7,9H2,1H3. The van der Waals surface area contributed by atoms with Crippen LogP contribution in [0.1, 0.15) is 43.0 Å². The number of halogens is 2. The Bertz CT molecular complexity index is 458. The fourth-order valence-corrected chi connectivity index (χ4v) is 5.24. The molecule has 1 aliphatic rings. The zero-order valence-corrected chi connectivity index (χ0v) is 15.6. The molecule has 0 aromatic carbocycles. The first-order valence-electron chi connectivity index (χ1n) is 7.09. The van der Waals surface area contributed by atoms with Crippen LogP contribution in [0.15, 0.2) is 13.6 Å². The monoisotopic (exact) mass is 422 g/mol. The van der Waals surface area contributed by atoms with Crippen molar-refractivity contribution in [3.05, 3.63) is 19.2 Å². The van der Waals surface area contributed by atoms with Crippen molar-refractivity contribution in [3.63, 3.8) is 0 Å². The molecule has 0 spiro atoms. The summed E-state index contributed by atoms with van der Waals surface area (Å²) in [4.78, 5) is 14.7. The second-order valence-corrected chi connectivity index (χ2v) is 8.89. The van der Waals surface area contributed by atoms with Crippen molar-refractivity contribution >= 4 is 49.1 Å². The third-order valence-electron chi connectivity index (χ3n) is 3.56. The Morgan fingerprint density at radius 3 is 2.90 bits per heavy atom. The number of hydrogen-bond acceptors (Lipinski definition) is 3. The molecule has 112 valence electrons. The van der Waals surface area contributed by atoms with Crippen molar-refractivity contribution in [2.75, 3.05) is 19.6 Å². The summed E-state index contributed by atoms with van der Waals surface area (Å²) in [5, 5.41) is 3.48. The summed E-state index contributed by atoms with van der Waals surface area (Å²) in [5.74, 6) is 0.140. The molecule has 0 saturated carbocycles. The summed E-state index contributed by atoms with van der Waals surface area (Å²) in [6.07, 6.45) is 4.55. The van der Waals surface area contributed by atoms with Crippen LogP contribution in [0, 0.1) is 0 Å². The van der Waals surface area contributed by atoms with Gasteiger partial charge >= 0.3 is 0 Å². The number of amides is 1. The molecule has 1 aromatic heterocycles. The van der Waals surface area contributed by atoms with Gasteiger partial charge in [0, 0.05) is 19.1 Å². The van der Waals surface area contributed by atoms with Crippen LogP contribution < -0.4 is 5.32 Å². The van der Waals surface area contributed by atoms with Gasteiger partial charge in [0.15, 0.2) is 0 Å². The van der Waals surface area contributed by atoms with Crippen LogP contribution in [-0.4, -0.2) is 36.5 Å². The first kappa shape index (κ1) is 16.5. The maximum absolute atomic E-state index is 12.7. The lowest BCUT2D eigenvalue weighted by Gasteiger charge is -2.25. The molecule has 20 heavy (non-hydrogen) atoms. The van der Waals surface area contributed by atoms with Crippen molar-refractivity contribution in [2.45, 2.75) is 38.6 Å². The maximum Gasteiger partial charge on any atom is 0.255 e. The summed E-state index contributed by atoms with van der Waals surface area (Å²) < 4.78 is 1.90. The highest BCUT2D eigenvalue weighted by Crippen LogP contribution is 2.32. The summed E-state index contributed by atoms with van der Waals surface area (Å²) in [6.45, 7) is 4.90. The normalized spacial score (nSPS) is 18.4. The molecule has 6 heteroatoms. The van der Waals surface area contributed by atoms with Gasteiger partial charge in [0.2, 0.25) is 0 Å². The van der Waals surface area contributed by atoms with Crippen LogP contribution in [0.25, 0.3) is 0 Å². The molecule has 3 nitrogen and oxygen atoms in total. The Labute approximate surface area is 141 Å². The van der Waals surface area contributed by atoms with Gasteiger partial charge in [-0.3, -0.25) is 4.79 Å². The number of hydrogen-bond donors (Lipinski definition) is 1. The minimum atomic E-state index is 0.140. The molecule has 1 N–H and O–H groups in total. The van der Waals surface area contributed by atoms with Crippen LogP contribution in [0.4, 0.5) is 0 Å². The van der Waals surface area contributed by atoms with Crippen molar-refractivity contribution in [1.29, 1.82) is 0 Å². The van der Waals surface area contributed by atoms with Gasteiger partial charge in [0.05, 0.1) is 13.1 Å². The molecule has 1 atom stereocenters. The van der Waals surface area contributed by atoms with Crippen LogP contribution in [0.2, 0.25) is 0 Å². The third kappa shape index (κ3) is 4.29. The van der Waals surface area contributed by atoms with E-state index in [1.807, 2.05) is 11.0 Å².